The molecule has 126 valence electrons. The van der Waals surface area contributed by atoms with Crippen molar-refractivity contribution in [2.75, 3.05) is 13.1 Å². The lowest BCUT2D eigenvalue weighted by atomic mass is 9.86. The highest BCUT2D eigenvalue weighted by molar-refractivity contribution is 5.73. The third kappa shape index (κ3) is 4.92. The molecule has 1 saturated heterocycles. The minimum Gasteiger partial charge on any atom is -0.481 e. The number of hydrogen-bond donors (Lipinski definition) is 2. The average Bonchev–Trinajstić information content (AvgIpc) is 2.39. The molecule has 7 heteroatoms. The van der Waals surface area contributed by atoms with Crippen LogP contribution in [0.5, 0.6) is 0 Å². The van der Waals surface area contributed by atoms with Crippen LogP contribution < -0.4 is 5.32 Å². The van der Waals surface area contributed by atoms with E-state index in [-0.39, 0.29) is 6.42 Å². The second-order valence-corrected chi connectivity index (χ2v) is 6.86. The fourth-order valence-electron chi connectivity index (χ4n) is 2.50. The van der Waals surface area contributed by atoms with E-state index in [0.717, 1.165) is 5.69 Å². The Morgan fingerprint density at radius 3 is 2.61 bits per heavy atom. The van der Waals surface area contributed by atoms with Gasteiger partial charge in [-0.25, -0.2) is 4.79 Å². The van der Waals surface area contributed by atoms with Crippen LogP contribution in [0.15, 0.2) is 24.4 Å². The van der Waals surface area contributed by atoms with Crippen molar-refractivity contribution in [3.8, 4) is 0 Å². The SMILES string of the molecule is CC(C)(C)OC(=O)N1CC(CC(=O)O)(NCc2ccccn2)C1. The highest BCUT2D eigenvalue weighted by Crippen LogP contribution is 2.27. The predicted molar refractivity (Wildman–Crippen MR) is 83.9 cm³/mol. The van der Waals surface area contributed by atoms with E-state index in [1.54, 1.807) is 27.0 Å². The molecule has 2 rings (SSSR count). The number of aliphatic carboxylic acids is 1. The summed E-state index contributed by atoms with van der Waals surface area (Å²) in [7, 11) is 0. The third-order valence-corrected chi connectivity index (χ3v) is 3.50. The minimum atomic E-state index is -0.901. The molecule has 0 spiro atoms. The maximum Gasteiger partial charge on any atom is 0.410 e. The van der Waals surface area contributed by atoms with Crippen LogP contribution >= 0.6 is 0 Å². The van der Waals surface area contributed by atoms with Gasteiger partial charge in [0.1, 0.15) is 5.60 Å². The van der Waals surface area contributed by atoms with Gasteiger partial charge in [-0.05, 0) is 32.9 Å². The molecule has 0 saturated carbocycles. The zero-order valence-electron chi connectivity index (χ0n) is 13.7. The number of hydrogen-bond acceptors (Lipinski definition) is 5. The minimum absolute atomic E-state index is 0.0564. The summed E-state index contributed by atoms with van der Waals surface area (Å²) in [5.41, 5.74) is -0.378. The van der Waals surface area contributed by atoms with Crippen LogP contribution in [0.2, 0.25) is 0 Å². The van der Waals surface area contributed by atoms with Gasteiger partial charge in [0.05, 0.1) is 17.7 Å². The molecule has 0 bridgehead atoms. The van der Waals surface area contributed by atoms with E-state index in [2.05, 4.69) is 10.3 Å². The van der Waals surface area contributed by atoms with Gasteiger partial charge in [0.15, 0.2) is 0 Å². The number of amides is 1. The lowest BCUT2D eigenvalue weighted by Gasteiger charge is -2.49. The molecule has 1 aliphatic heterocycles. The van der Waals surface area contributed by atoms with Gasteiger partial charge in [-0.1, -0.05) is 6.07 Å². The zero-order chi connectivity index (χ0) is 17.1. The van der Waals surface area contributed by atoms with E-state index in [4.69, 9.17) is 9.84 Å². The van der Waals surface area contributed by atoms with E-state index in [1.165, 1.54) is 4.90 Å². The Kier molecular flexibility index (Phi) is 4.89. The molecule has 1 amide bonds. The van der Waals surface area contributed by atoms with Gasteiger partial charge in [0.25, 0.3) is 0 Å². The largest absolute Gasteiger partial charge is 0.481 e. The fourth-order valence-corrected chi connectivity index (χ4v) is 2.50. The van der Waals surface area contributed by atoms with Crippen molar-refractivity contribution in [1.29, 1.82) is 0 Å². The molecule has 0 unspecified atom stereocenters. The molecule has 0 atom stereocenters. The summed E-state index contributed by atoms with van der Waals surface area (Å²) < 4.78 is 5.30. The summed E-state index contributed by atoms with van der Waals surface area (Å²) in [6.45, 7) is 6.47. The average molecular weight is 321 g/mol. The van der Waals surface area contributed by atoms with Crippen LogP contribution in [0.4, 0.5) is 4.79 Å². The number of pyridine rings is 1. The first-order chi connectivity index (χ1) is 10.7. The highest BCUT2D eigenvalue weighted by atomic mass is 16.6. The van der Waals surface area contributed by atoms with Gasteiger partial charge in [0.2, 0.25) is 0 Å². The van der Waals surface area contributed by atoms with Crippen molar-refractivity contribution in [2.45, 2.75) is 44.9 Å². The van der Waals surface area contributed by atoms with Gasteiger partial charge in [0, 0.05) is 25.8 Å². The van der Waals surface area contributed by atoms with Crippen LogP contribution in [0.3, 0.4) is 0 Å². The Morgan fingerprint density at radius 2 is 2.09 bits per heavy atom. The molecule has 1 fully saturated rings. The number of ether oxygens (including phenoxy) is 1. The summed E-state index contributed by atoms with van der Waals surface area (Å²) in [5, 5.41) is 12.4. The summed E-state index contributed by atoms with van der Waals surface area (Å²) in [6.07, 6.45) is 1.21. The number of carbonyl (C=O) groups excluding carboxylic acids is 1. The smallest absolute Gasteiger partial charge is 0.410 e. The standard InChI is InChI=1S/C16H23N3O4/c1-15(2,3)23-14(22)19-10-16(11-19,8-13(20)21)18-9-12-6-4-5-7-17-12/h4-7,18H,8-11H2,1-3H3,(H,20,21). The highest BCUT2D eigenvalue weighted by Gasteiger charge is 2.47. The quantitative estimate of drug-likeness (QED) is 0.856. The Bertz CT molecular complexity index is 562. The molecular formula is C16H23N3O4. The lowest BCUT2D eigenvalue weighted by molar-refractivity contribution is -0.141. The topological polar surface area (TPSA) is 91.8 Å². The summed E-state index contributed by atoms with van der Waals surface area (Å²) in [4.78, 5) is 28.9. The first-order valence-corrected chi connectivity index (χ1v) is 7.54. The molecule has 1 aliphatic rings. The molecule has 0 aliphatic carbocycles. The number of nitrogens with one attached hydrogen (secondary N) is 1. The molecular weight excluding hydrogens is 298 g/mol. The van der Waals surface area contributed by atoms with Gasteiger partial charge in [-0.15, -0.1) is 0 Å². The van der Waals surface area contributed by atoms with Gasteiger partial charge in [-0.3, -0.25) is 9.78 Å². The van der Waals surface area contributed by atoms with Crippen LogP contribution in [-0.2, 0) is 16.1 Å². The number of carboxylic acids is 1. The van der Waals surface area contributed by atoms with Gasteiger partial charge >= 0.3 is 12.1 Å². The summed E-state index contributed by atoms with van der Waals surface area (Å²) in [5.74, 6) is -0.901. The van der Waals surface area contributed by atoms with Crippen LogP contribution in [-0.4, -0.2) is 51.3 Å². The van der Waals surface area contributed by atoms with E-state index in [1.807, 2.05) is 18.2 Å². The Balaban J connectivity index is 1.94. The molecule has 1 aromatic heterocycles. The van der Waals surface area contributed by atoms with E-state index in [0.29, 0.717) is 19.6 Å². The summed E-state index contributed by atoms with van der Waals surface area (Å²) in [6, 6.07) is 5.57. The monoisotopic (exact) mass is 321 g/mol. The molecule has 1 aromatic rings. The van der Waals surface area contributed by atoms with Crippen LogP contribution in [0, 0.1) is 0 Å². The number of aromatic nitrogens is 1. The molecule has 7 nitrogen and oxygen atoms in total. The first kappa shape index (κ1) is 17.2. The van der Waals surface area contributed by atoms with Gasteiger partial charge in [-0.2, -0.15) is 0 Å². The number of carbonyl (C=O) groups is 2. The Morgan fingerprint density at radius 1 is 1.39 bits per heavy atom. The van der Waals surface area contributed by atoms with Crippen molar-refractivity contribution < 1.29 is 19.4 Å². The maximum atomic E-state index is 12.0. The molecule has 0 aromatic carbocycles. The van der Waals surface area contributed by atoms with Gasteiger partial charge < -0.3 is 20.1 Å². The lowest BCUT2D eigenvalue weighted by Crippen LogP contribution is -2.71. The van der Waals surface area contributed by atoms with E-state index in [9.17, 15) is 9.59 Å². The number of rotatable bonds is 5. The number of carboxylic acid groups (broad SMARTS) is 1. The number of likely N-dealkylation sites (tertiary alicyclic amines) is 1. The van der Waals surface area contributed by atoms with Crippen molar-refractivity contribution >= 4 is 12.1 Å². The molecule has 2 heterocycles. The molecule has 2 N–H and O–H groups in total. The second-order valence-electron chi connectivity index (χ2n) is 6.86. The summed E-state index contributed by atoms with van der Waals surface area (Å²) >= 11 is 0. The van der Waals surface area contributed by atoms with Crippen molar-refractivity contribution in [1.82, 2.24) is 15.2 Å². The van der Waals surface area contributed by atoms with E-state index >= 15 is 0 Å². The fraction of sp³-hybridized carbons (Fsp3) is 0.562. The van der Waals surface area contributed by atoms with E-state index < -0.39 is 23.2 Å². The molecule has 0 radical (unpaired) electrons. The maximum absolute atomic E-state index is 12.0. The zero-order valence-corrected chi connectivity index (χ0v) is 13.7. The predicted octanol–water partition coefficient (Wildman–Crippen LogP) is 1.64. The van der Waals surface area contributed by atoms with Crippen LogP contribution in [0.25, 0.3) is 0 Å². The van der Waals surface area contributed by atoms with Crippen LogP contribution in [0.1, 0.15) is 32.9 Å². The van der Waals surface area contributed by atoms with Crippen molar-refractivity contribution in [3.05, 3.63) is 30.1 Å². The first-order valence-electron chi connectivity index (χ1n) is 7.54. The second kappa shape index (κ2) is 6.54. The Hall–Kier alpha value is -2.15. The Labute approximate surface area is 135 Å². The van der Waals surface area contributed by atoms with Crippen molar-refractivity contribution in [3.63, 3.8) is 0 Å². The number of nitrogens with zero attached hydrogens (tertiary/aromatic N) is 2. The molecule has 23 heavy (non-hydrogen) atoms. The third-order valence-electron chi connectivity index (χ3n) is 3.50. The normalized spacial score (nSPS) is 16.6. The van der Waals surface area contributed by atoms with Crippen molar-refractivity contribution in [2.24, 2.45) is 0 Å².